The van der Waals surface area contributed by atoms with Crippen LogP contribution in [0.2, 0.25) is 0 Å². The van der Waals surface area contributed by atoms with Crippen molar-refractivity contribution in [3.8, 4) is 16.9 Å². The van der Waals surface area contributed by atoms with Gasteiger partial charge in [-0.15, -0.1) is 0 Å². The van der Waals surface area contributed by atoms with Crippen LogP contribution in [0.4, 0.5) is 5.95 Å². The lowest BCUT2D eigenvalue weighted by Gasteiger charge is -2.12. The van der Waals surface area contributed by atoms with E-state index < -0.39 is 11.8 Å². The van der Waals surface area contributed by atoms with E-state index in [1.807, 2.05) is 68.4 Å². The molecule has 40 heavy (non-hydrogen) atoms. The van der Waals surface area contributed by atoms with E-state index in [4.69, 9.17) is 5.10 Å². The Labute approximate surface area is 230 Å². The molecular weight excluding hydrogens is 504 g/mol. The highest BCUT2D eigenvalue weighted by Crippen LogP contribution is 2.25. The molecule has 0 radical (unpaired) electrons. The van der Waals surface area contributed by atoms with Crippen molar-refractivity contribution < 1.29 is 9.59 Å². The van der Waals surface area contributed by atoms with Gasteiger partial charge in [-0.25, -0.2) is 14.6 Å². The van der Waals surface area contributed by atoms with Crippen LogP contribution in [0.5, 0.6) is 0 Å². The van der Waals surface area contributed by atoms with Crippen molar-refractivity contribution in [1.29, 1.82) is 0 Å². The predicted molar refractivity (Wildman–Crippen MR) is 152 cm³/mol. The van der Waals surface area contributed by atoms with Crippen molar-refractivity contribution >= 4 is 23.8 Å². The Hall–Kier alpha value is -5.64. The van der Waals surface area contributed by atoms with Crippen molar-refractivity contribution in [2.75, 3.05) is 5.43 Å². The number of hydrazine groups is 1. The summed E-state index contributed by atoms with van der Waals surface area (Å²) in [6.07, 6.45) is 6.73. The summed E-state index contributed by atoms with van der Waals surface area (Å²) in [6.45, 7) is 3.66. The van der Waals surface area contributed by atoms with Gasteiger partial charge >= 0.3 is 0 Å². The molecule has 198 valence electrons. The molecule has 0 fully saturated rings. The van der Waals surface area contributed by atoms with Crippen molar-refractivity contribution in [2.24, 2.45) is 0 Å². The number of benzene rings is 2. The first-order chi connectivity index (χ1) is 19.5. The minimum atomic E-state index is -0.600. The van der Waals surface area contributed by atoms with Crippen molar-refractivity contribution in [2.45, 2.75) is 13.8 Å². The zero-order chi connectivity index (χ0) is 27.9. The summed E-state index contributed by atoms with van der Waals surface area (Å²) >= 11 is 0. The second-order valence-electron chi connectivity index (χ2n) is 8.89. The third kappa shape index (κ3) is 6.25. The summed E-state index contributed by atoms with van der Waals surface area (Å²) in [5, 5.41) is 7.51. The van der Waals surface area contributed by atoms with Gasteiger partial charge in [-0.1, -0.05) is 36.4 Å². The molecule has 5 aromatic rings. The molecule has 0 unspecified atom stereocenters. The second-order valence-corrected chi connectivity index (χ2v) is 8.89. The number of carbonyl (C=O) groups is 2. The quantitative estimate of drug-likeness (QED) is 0.202. The number of nitrogens with zero attached hydrogens (tertiary/aromatic N) is 5. The van der Waals surface area contributed by atoms with Crippen molar-refractivity contribution in [1.82, 2.24) is 35.5 Å². The summed E-state index contributed by atoms with van der Waals surface area (Å²) in [5.74, 6) is -0.813. The van der Waals surface area contributed by atoms with Gasteiger partial charge in [0.25, 0.3) is 11.8 Å². The number of carbonyl (C=O) groups excluding carboxylic acids is 2. The van der Waals surface area contributed by atoms with E-state index in [9.17, 15) is 9.59 Å². The van der Waals surface area contributed by atoms with Crippen LogP contribution in [0.15, 0.2) is 103 Å². The molecule has 0 bridgehead atoms. The molecule has 0 saturated heterocycles. The summed E-state index contributed by atoms with van der Waals surface area (Å²) in [6, 6.07) is 23.8. The average Bonchev–Trinajstić information content (AvgIpc) is 3.40. The third-order valence-electron chi connectivity index (χ3n) is 5.80. The van der Waals surface area contributed by atoms with Gasteiger partial charge in [-0.05, 0) is 62.4 Å². The molecule has 3 N–H and O–H groups in total. The van der Waals surface area contributed by atoms with Crippen LogP contribution in [0, 0.1) is 13.8 Å². The van der Waals surface area contributed by atoms with Gasteiger partial charge in [-0.3, -0.25) is 25.4 Å². The van der Waals surface area contributed by atoms with Crippen LogP contribution in [0.1, 0.15) is 27.3 Å². The number of nitrogens with one attached hydrogen (secondary N) is 3. The number of hydrogen-bond acceptors (Lipinski definition) is 7. The van der Waals surface area contributed by atoms with Crippen LogP contribution < -0.4 is 16.2 Å². The van der Waals surface area contributed by atoms with Crippen molar-refractivity contribution in [3.05, 3.63) is 126 Å². The molecular formula is C30H26N8O2. The molecule has 3 heterocycles. The van der Waals surface area contributed by atoms with E-state index in [1.54, 1.807) is 53.6 Å². The van der Waals surface area contributed by atoms with Gasteiger partial charge in [0, 0.05) is 46.7 Å². The van der Waals surface area contributed by atoms with Gasteiger partial charge in [-0.2, -0.15) is 5.10 Å². The fraction of sp³-hybridized carbons (Fsp3) is 0.0667. The number of rotatable bonds is 8. The van der Waals surface area contributed by atoms with Crippen LogP contribution in [0.3, 0.4) is 0 Å². The lowest BCUT2D eigenvalue weighted by atomic mass is 10.1. The molecule has 2 amide bonds. The first-order valence-corrected chi connectivity index (χ1v) is 12.5. The molecule has 2 aromatic carbocycles. The Balaban J connectivity index is 1.53. The first-order valence-electron chi connectivity index (χ1n) is 12.5. The number of anilines is 1. The third-order valence-corrected chi connectivity index (χ3v) is 5.80. The number of pyridine rings is 1. The summed E-state index contributed by atoms with van der Waals surface area (Å²) in [5.41, 5.74) is 9.97. The smallest absolute Gasteiger partial charge is 0.286 e. The maximum Gasteiger partial charge on any atom is 0.286 e. The zero-order valence-corrected chi connectivity index (χ0v) is 21.9. The van der Waals surface area contributed by atoms with Gasteiger partial charge < -0.3 is 5.32 Å². The highest BCUT2D eigenvalue weighted by Gasteiger charge is 2.18. The summed E-state index contributed by atoms with van der Waals surface area (Å²) in [7, 11) is 0. The number of aryl methyl sites for hydroxylation is 2. The normalized spacial score (nSPS) is 11.1. The largest absolute Gasteiger partial charge is 0.317 e. The molecule has 10 heteroatoms. The Morgan fingerprint density at radius 1 is 0.875 bits per heavy atom. The fourth-order valence-corrected chi connectivity index (χ4v) is 3.99. The maximum atomic E-state index is 13.4. The van der Waals surface area contributed by atoms with Crippen LogP contribution in [-0.2, 0) is 4.79 Å². The first kappa shape index (κ1) is 26.0. The number of para-hydroxylation sites is 1. The molecule has 0 spiro atoms. The Morgan fingerprint density at radius 3 is 2.25 bits per heavy atom. The van der Waals surface area contributed by atoms with Crippen LogP contribution in [-0.4, -0.2) is 36.5 Å². The predicted octanol–water partition coefficient (Wildman–Crippen LogP) is 4.26. The van der Waals surface area contributed by atoms with Gasteiger partial charge in [0.05, 0.1) is 5.69 Å². The highest BCUT2D eigenvalue weighted by molar-refractivity contribution is 6.05. The zero-order valence-electron chi connectivity index (χ0n) is 21.9. The van der Waals surface area contributed by atoms with E-state index >= 15 is 0 Å². The van der Waals surface area contributed by atoms with Crippen molar-refractivity contribution in [3.63, 3.8) is 0 Å². The van der Waals surface area contributed by atoms with E-state index in [0.717, 1.165) is 22.6 Å². The summed E-state index contributed by atoms with van der Waals surface area (Å²) < 4.78 is 1.71. The van der Waals surface area contributed by atoms with Crippen LogP contribution in [0.25, 0.3) is 23.0 Å². The van der Waals surface area contributed by atoms with Gasteiger partial charge in [0.1, 0.15) is 11.4 Å². The average molecular weight is 531 g/mol. The standard InChI is InChI=1S/C30H26N8O2/c1-20-16-21(2)33-30(32-20)36-35-29(40)26(34-28(39)22-10-5-3-6-11-22)17-24-19-38(25-13-7-4-8-14-25)37-27(24)23-12-9-15-31-18-23/h3-19H,1-2H3,(H,34,39)(H,35,40)(H,32,33,36)/b26-17+. The lowest BCUT2D eigenvalue weighted by molar-refractivity contribution is -0.117. The maximum absolute atomic E-state index is 13.4. The molecule has 0 aliphatic carbocycles. The number of hydrogen-bond donors (Lipinski definition) is 3. The summed E-state index contributed by atoms with van der Waals surface area (Å²) in [4.78, 5) is 39.3. The molecule has 0 atom stereocenters. The minimum Gasteiger partial charge on any atom is -0.317 e. The molecule has 0 saturated carbocycles. The fourth-order valence-electron chi connectivity index (χ4n) is 3.99. The monoisotopic (exact) mass is 530 g/mol. The van der Waals surface area contributed by atoms with E-state index in [2.05, 4.69) is 31.1 Å². The molecule has 10 nitrogen and oxygen atoms in total. The number of amides is 2. The Kier molecular flexibility index (Phi) is 7.68. The number of aromatic nitrogens is 5. The van der Waals surface area contributed by atoms with E-state index in [1.165, 1.54) is 0 Å². The molecule has 5 rings (SSSR count). The Morgan fingerprint density at radius 2 is 1.57 bits per heavy atom. The van der Waals surface area contributed by atoms with Gasteiger partial charge in [0.15, 0.2) is 0 Å². The molecule has 0 aliphatic heterocycles. The van der Waals surface area contributed by atoms with Crippen LogP contribution >= 0.6 is 0 Å². The molecule has 0 aliphatic rings. The topological polar surface area (TPSA) is 127 Å². The van der Waals surface area contributed by atoms with E-state index in [0.29, 0.717) is 16.8 Å². The van der Waals surface area contributed by atoms with E-state index in [-0.39, 0.29) is 11.6 Å². The lowest BCUT2D eigenvalue weighted by Crippen LogP contribution is -2.38. The SMILES string of the molecule is Cc1cc(C)nc(NNC(=O)/C(=C\c2cn(-c3ccccc3)nc2-c2cccnc2)NC(=O)c2ccccc2)n1. The van der Waals surface area contributed by atoms with Gasteiger partial charge in [0.2, 0.25) is 5.95 Å². The minimum absolute atomic E-state index is 0.0107. The Bertz CT molecular complexity index is 1650. The highest BCUT2D eigenvalue weighted by atomic mass is 16.2. The second kappa shape index (κ2) is 11.8. The molecule has 3 aromatic heterocycles.